The number of halogens is 2. The number of carbonyl (C=O) groups is 1. The molecule has 2 heterocycles. The zero-order chi connectivity index (χ0) is 11.7. The average molecular weight is 257 g/mol. The summed E-state index contributed by atoms with van der Waals surface area (Å²) in [5.41, 5.74) is 0. The monoisotopic (exact) mass is 256 g/mol. The van der Waals surface area contributed by atoms with Crippen molar-refractivity contribution in [3.8, 4) is 0 Å². The highest BCUT2D eigenvalue weighted by Crippen LogP contribution is 2.27. The van der Waals surface area contributed by atoms with Gasteiger partial charge in [0.15, 0.2) is 0 Å². The number of rotatable bonds is 2. The molecular formula is C11H10Cl2N2O. The second-order valence-corrected chi connectivity index (χ2v) is 4.49. The lowest BCUT2D eigenvalue weighted by Crippen LogP contribution is -2.25. The predicted molar refractivity (Wildman–Crippen MR) is 64.9 cm³/mol. The van der Waals surface area contributed by atoms with Crippen molar-refractivity contribution in [3.63, 3.8) is 0 Å². The van der Waals surface area contributed by atoms with Gasteiger partial charge in [0, 0.05) is 23.9 Å². The summed E-state index contributed by atoms with van der Waals surface area (Å²) >= 11 is 11.7. The van der Waals surface area contributed by atoms with Gasteiger partial charge in [-0.15, -0.1) is 6.58 Å². The van der Waals surface area contributed by atoms with E-state index in [4.69, 9.17) is 23.2 Å². The first-order valence-electron chi connectivity index (χ1n) is 4.86. The van der Waals surface area contributed by atoms with Crippen LogP contribution in [0.25, 0.3) is 0 Å². The Balaban J connectivity index is 2.30. The van der Waals surface area contributed by atoms with E-state index in [1.165, 1.54) is 6.07 Å². The van der Waals surface area contributed by atoms with Crippen LogP contribution in [0.15, 0.2) is 24.8 Å². The molecule has 1 atom stereocenters. The van der Waals surface area contributed by atoms with Crippen molar-refractivity contribution in [1.29, 1.82) is 0 Å². The predicted octanol–water partition coefficient (Wildman–Crippen LogP) is 2.93. The fourth-order valence-corrected chi connectivity index (χ4v) is 2.17. The maximum absolute atomic E-state index is 11.7. The normalized spacial score (nSPS) is 20.2. The highest BCUT2D eigenvalue weighted by atomic mass is 35.5. The number of anilines is 1. The molecule has 1 aromatic rings. The number of pyridine rings is 1. The Morgan fingerprint density at radius 1 is 1.50 bits per heavy atom. The highest BCUT2D eigenvalue weighted by molar-refractivity contribution is 6.34. The molecule has 2 rings (SSSR count). The van der Waals surface area contributed by atoms with Crippen molar-refractivity contribution in [2.75, 3.05) is 11.4 Å². The number of carbonyl (C=O) groups excluding carboxylic acids is 1. The third-order valence-corrected chi connectivity index (χ3v) is 2.92. The molecule has 0 radical (unpaired) electrons. The van der Waals surface area contributed by atoms with Crippen molar-refractivity contribution in [3.05, 3.63) is 35.0 Å². The topological polar surface area (TPSA) is 33.2 Å². The van der Waals surface area contributed by atoms with Crippen LogP contribution in [0, 0.1) is 5.92 Å². The molecule has 1 aliphatic rings. The van der Waals surface area contributed by atoms with Crippen molar-refractivity contribution in [2.45, 2.75) is 6.42 Å². The summed E-state index contributed by atoms with van der Waals surface area (Å²) in [6.45, 7) is 4.28. The van der Waals surface area contributed by atoms with E-state index in [1.807, 2.05) is 0 Å². The van der Waals surface area contributed by atoms with E-state index in [-0.39, 0.29) is 17.0 Å². The summed E-state index contributed by atoms with van der Waals surface area (Å²) in [6, 6.07) is 3.18. The average Bonchev–Trinajstić information content (AvgIpc) is 2.58. The van der Waals surface area contributed by atoms with E-state index in [2.05, 4.69) is 11.6 Å². The Morgan fingerprint density at radius 2 is 2.25 bits per heavy atom. The molecule has 3 nitrogen and oxygen atoms in total. The molecule has 1 fully saturated rings. The van der Waals surface area contributed by atoms with Crippen LogP contribution >= 0.6 is 23.2 Å². The van der Waals surface area contributed by atoms with Gasteiger partial charge in [0.1, 0.15) is 11.0 Å². The molecule has 0 saturated carbocycles. The van der Waals surface area contributed by atoms with Gasteiger partial charge in [-0.05, 0) is 12.1 Å². The van der Waals surface area contributed by atoms with Crippen molar-refractivity contribution >= 4 is 34.9 Å². The Bertz CT molecular complexity index is 427. The summed E-state index contributed by atoms with van der Waals surface area (Å²) in [5, 5.41) is 0.766. The van der Waals surface area contributed by atoms with Crippen LogP contribution in [-0.2, 0) is 4.79 Å². The maximum Gasteiger partial charge on any atom is 0.228 e. The summed E-state index contributed by atoms with van der Waals surface area (Å²) in [7, 11) is 0. The van der Waals surface area contributed by atoms with Crippen molar-refractivity contribution in [1.82, 2.24) is 4.98 Å². The van der Waals surface area contributed by atoms with E-state index >= 15 is 0 Å². The van der Waals surface area contributed by atoms with Crippen molar-refractivity contribution in [2.24, 2.45) is 5.92 Å². The van der Waals surface area contributed by atoms with E-state index in [9.17, 15) is 4.79 Å². The van der Waals surface area contributed by atoms with E-state index < -0.39 is 0 Å². The molecule has 0 spiro atoms. The zero-order valence-electron chi connectivity index (χ0n) is 8.49. The molecule has 0 aliphatic carbocycles. The molecular weight excluding hydrogens is 247 g/mol. The first-order valence-corrected chi connectivity index (χ1v) is 5.62. The first kappa shape index (κ1) is 11.4. The molecule has 0 bridgehead atoms. The number of hydrogen-bond acceptors (Lipinski definition) is 2. The molecule has 1 amide bonds. The molecule has 5 heteroatoms. The van der Waals surface area contributed by atoms with Gasteiger partial charge in [-0.1, -0.05) is 29.3 Å². The van der Waals surface area contributed by atoms with Crippen LogP contribution in [0.4, 0.5) is 5.82 Å². The van der Waals surface area contributed by atoms with Crippen LogP contribution in [-0.4, -0.2) is 17.4 Å². The van der Waals surface area contributed by atoms with E-state index in [0.717, 1.165) is 0 Å². The third-order valence-electron chi connectivity index (χ3n) is 2.51. The van der Waals surface area contributed by atoms with Crippen LogP contribution in [0.1, 0.15) is 6.42 Å². The second-order valence-electron chi connectivity index (χ2n) is 3.67. The Kier molecular flexibility index (Phi) is 3.17. The largest absolute Gasteiger partial charge is 0.296 e. The van der Waals surface area contributed by atoms with E-state index in [1.54, 1.807) is 17.0 Å². The minimum atomic E-state index is 0.0238. The lowest BCUT2D eigenvalue weighted by Gasteiger charge is -2.15. The van der Waals surface area contributed by atoms with Gasteiger partial charge in [0.25, 0.3) is 0 Å². The number of aromatic nitrogens is 1. The third kappa shape index (κ3) is 2.20. The first-order chi connectivity index (χ1) is 7.60. The molecule has 0 aromatic carbocycles. The minimum absolute atomic E-state index is 0.0238. The molecule has 1 aromatic heterocycles. The van der Waals surface area contributed by atoms with Crippen LogP contribution < -0.4 is 4.90 Å². The molecule has 1 saturated heterocycles. The maximum atomic E-state index is 11.7. The van der Waals surface area contributed by atoms with Gasteiger partial charge in [-0.25, -0.2) is 4.98 Å². The van der Waals surface area contributed by atoms with Crippen LogP contribution in [0.2, 0.25) is 10.2 Å². The fraction of sp³-hybridized carbons (Fsp3) is 0.273. The molecule has 1 aliphatic heterocycles. The summed E-state index contributed by atoms with van der Waals surface area (Å²) in [5.74, 6) is 0.703. The minimum Gasteiger partial charge on any atom is -0.296 e. The Labute approximate surface area is 104 Å². The smallest absolute Gasteiger partial charge is 0.228 e. The van der Waals surface area contributed by atoms with E-state index in [0.29, 0.717) is 23.8 Å². The second kappa shape index (κ2) is 4.44. The number of nitrogens with zero attached hydrogens (tertiary/aromatic N) is 2. The Hall–Kier alpha value is -1.06. The quantitative estimate of drug-likeness (QED) is 0.602. The molecule has 1 unspecified atom stereocenters. The zero-order valence-corrected chi connectivity index (χ0v) is 10.0. The number of amides is 1. The summed E-state index contributed by atoms with van der Waals surface area (Å²) in [4.78, 5) is 17.4. The fourth-order valence-electron chi connectivity index (χ4n) is 1.71. The van der Waals surface area contributed by atoms with Crippen molar-refractivity contribution < 1.29 is 4.79 Å². The van der Waals surface area contributed by atoms with Gasteiger partial charge in [0.05, 0.1) is 0 Å². The highest BCUT2D eigenvalue weighted by Gasteiger charge is 2.29. The van der Waals surface area contributed by atoms with Crippen LogP contribution in [0.5, 0.6) is 0 Å². The standard InChI is InChI=1S/C11H10Cl2N2O/c1-2-7-3-11(16)15(6-7)10-5-8(12)4-9(13)14-10/h2,4-5,7H,1,3,6H2. The SMILES string of the molecule is C=CC1CC(=O)N(c2cc(Cl)cc(Cl)n2)C1. The molecule has 0 N–H and O–H groups in total. The molecule has 16 heavy (non-hydrogen) atoms. The van der Waals surface area contributed by atoms with Crippen LogP contribution in [0.3, 0.4) is 0 Å². The van der Waals surface area contributed by atoms with Gasteiger partial charge >= 0.3 is 0 Å². The van der Waals surface area contributed by atoms with Gasteiger partial charge in [0.2, 0.25) is 5.91 Å². The summed E-state index contributed by atoms with van der Waals surface area (Å²) in [6.07, 6.45) is 2.25. The summed E-state index contributed by atoms with van der Waals surface area (Å²) < 4.78 is 0. The van der Waals surface area contributed by atoms with Gasteiger partial charge in [-0.3, -0.25) is 9.69 Å². The van der Waals surface area contributed by atoms with Gasteiger partial charge < -0.3 is 0 Å². The van der Waals surface area contributed by atoms with Gasteiger partial charge in [-0.2, -0.15) is 0 Å². The Morgan fingerprint density at radius 3 is 2.81 bits per heavy atom. The molecule has 84 valence electrons. The lowest BCUT2D eigenvalue weighted by atomic mass is 10.1. The number of hydrogen-bond donors (Lipinski definition) is 0. The lowest BCUT2D eigenvalue weighted by molar-refractivity contribution is -0.117.